The molecule has 4 nitrogen and oxygen atoms in total. The summed E-state index contributed by atoms with van der Waals surface area (Å²) in [5, 5.41) is 2.07. The van der Waals surface area contributed by atoms with Crippen LogP contribution in [0.4, 0.5) is 13.2 Å². The van der Waals surface area contributed by atoms with E-state index in [-0.39, 0.29) is 11.8 Å². The van der Waals surface area contributed by atoms with E-state index in [0.717, 1.165) is 52.6 Å². The van der Waals surface area contributed by atoms with Gasteiger partial charge in [0.25, 0.3) is 0 Å². The van der Waals surface area contributed by atoms with E-state index in [9.17, 15) is 22.8 Å². The van der Waals surface area contributed by atoms with Gasteiger partial charge in [0, 0.05) is 23.6 Å². The zero-order valence-electron chi connectivity index (χ0n) is 19.9. The zero-order valence-corrected chi connectivity index (χ0v) is 19.9. The molecule has 0 atom stereocenters. The summed E-state index contributed by atoms with van der Waals surface area (Å²) in [4.78, 5) is 27.9. The Labute approximate surface area is 211 Å². The van der Waals surface area contributed by atoms with E-state index in [1.54, 1.807) is 30.5 Å². The lowest BCUT2D eigenvalue weighted by molar-refractivity contribution is -0.137. The van der Waals surface area contributed by atoms with Gasteiger partial charge in [-0.1, -0.05) is 48.1 Å². The fourth-order valence-corrected chi connectivity index (χ4v) is 4.80. The number of ketones is 1. The van der Waals surface area contributed by atoms with Gasteiger partial charge in [-0.25, -0.2) is 4.79 Å². The number of halogens is 3. The Bertz CT molecular complexity index is 1620. The first kappa shape index (κ1) is 24.4. The van der Waals surface area contributed by atoms with Crippen molar-refractivity contribution in [1.29, 1.82) is 0 Å². The fraction of sp³-hybridized carbons (Fsp3) is 0.167. The zero-order chi connectivity index (χ0) is 26.2. The first-order chi connectivity index (χ1) is 17.8. The van der Waals surface area contributed by atoms with Crippen LogP contribution in [0.25, 0.3) is 27.2 Å². The summed E-state index contributed by atoms with van der Waals surface area (Å²) in [6.07, 6.45) is 3.60. The molecule has 2 aliphatic rings. The van der Waals surface area contributed by atoms with Gasteiger partial charge >= 0.3 is 12.1 Å². The monoisotopic (exact) mass is 501 g/mol. The largest absolute Gasteiger partial charge is 0.465 e. The summed E-state index contributed by atoms with van der Waals surface area (Å²) in [5.74, 6) is -0.336. The Kier molecular flexibility index (Phi) is 6.38. The number of Topliss-reactive ketones (excluding diaryl/α,β-unsaturated/α-hetero) is 1. The lowest BCUT2D eigenvalue weighted by Crippen LogP contribution is -2.14. The second-order valence-corrected chi connectivity index (χ2v) is 8.88. The molecule has 0 saturated carbocycles. The summed E-state index contributed by atoms with van der Waals surface area (Å²) in [6.45, 7) is 0. The molecule has 0 radical (unpaired) electrons. The fourth-order valence-electron chi connectivity index (χ4n) is 4.80. The van der Waals surface area contributed by atoms with Crippen LogP contribution in [0, 0.1) is 0 Å². The quantitative estimate of drug-likeness (QED) is 0.253. The van der Waals surface area contributed by atoms with Gasteiger partial charge in [-0.05, 0) is 65.1 Å². The van der Waals surface area contributed by atoms with Crippen molar-refractivity contribution in [3.8, 4) is 0 Å². The highest BCUT2D eigenvalue weighted by atomic mass is 19.4. The molecule has 4 aromatic rings. The number of alkyl halides is 3. The molecule has 7 heteroatoms. The number of hydrogen-bond donors (Lipinski definition) is 0. The highest BCUT2D eigenvalue weighted by molar-refractivity contribution is 6.16. The van der Waals surface area contributed by atoms with Crippen molar-refractivity contribution < 1.29 is 27.5 Å². The molecular formula is C30H22F3NO3. The van der Waals surface area contributed by atoms with Crippen LogP contribution in [0.3, 0.4) is 0 Å². The van der Waals surface area contributed by atoms with Crippen molar-refractivity contribution in [2.45, 2.75) is 25.4 Å². The van der Waals surface area contributed by atoms with Crippen molar-refractivity contribution in [3.05, 3.63) is 107 Å². The summed E-state index contributed by atoms with van der Waals surface area (Å²) in [5.41, 5.74) is 4.24. The molecule has 0 fully saturated rings. The molecule has 186 valence electrons. The third-order valence-electron chi connectivity index (χ3n) is 6.60. The van der Waals surface area contributed by atoms with Crippen LogP contribution in [0.2, 0.25) is 0 Å². The molecule has 0 aliphatic heterocycles. The molecule has 37 heavy (non-hydrogen) atoms. The Hall–Kier alpha value is -4.26. The van der Waals surface area contributed by atoms with Crippen molar-refractivity contribution in [1.82, 2.24) is 4.98 Å². The molecule has 6 rings (SSSR count). The van der Waals surface area contributed by atoms with Crippen molar-refractivity contribution >= 4 is 39.0 Å². The minimum absolute atomic E-state index is 0.000548. The van der Waals surface area contributed by atoms with Crippen molar-refractivity contribution in [2.75, 3.05) is 7.11 Å². The van der Waals surface area contributed by atoms with Crippen LogP contribution < -0.4 is 0 Å². The molecule has 0 saturated heterocycles. The van der Waals surface area contributed by atoms with E-state index in [4.69, 9.17) is 0 Å². The lowest BCUT2D eigenvalue weighted by atomic mass is 9.79. The number of rotatable bonds is 1. The van der Waals surface area contributed by atoms with E-state index in [1.807, 2.05) is 24.3 Å². The van der Waals surface area contributed by atoms with Gasteiger partial charge in [-0.15, -0.1) is 0 Å². The predicted molar refractivity (Wildman–Crippen MR) is 136 cm³/mol. The molecule has 2 aliphatic carbocycles. The molecule has 0 amide bonds. The third-order valence-corrected chi connectivity index (χ3v) is 6.60. The van der Waals surface area contributed by atoms with Crippen LogP contribution in [0.1, 0.15) is 51.1 Å². The minimum atomic E-state index is -4.38. The Morgan fingerprint density at radius 3 is 2.59 bits per heavy atom. The standard InChI is InChI=1S/C19H13F3O.C11H9NO2/c20-19(21,22)13-6-8-15-12(9-13)5-7-16-14-4-2-1-3-11(14)10-17(23)18(15)16;1-14-11(13)9-5-4-8-3-2-6-12-10(8)7-9/h2,4-9H,1,3,10H2;2-7H,1H3. The van der Waals surface area contributed by atoms with Gasteiger partial charge in [0.1, 0.15) is 0 Å². The minimum Gasteiger partial charge on any atom is -0.465 e. The van der Waals surface area contributed by atoms with Crippen molar-refractivity contribution in [3.63, 3.8) is 0 Å². The maximum absolute atomic E-state index is 12.9. The Balaban J connectivity index is 0.000000171. The molecule has 0 unspecified atom stereocenters. The maximum atomic E-state index is 12.9. The second-order valence-electron chi connectivity index (χ2n) is 8.88. The van der Waals surface area contributed by atoms with Crippen LogP contribution in [-0.4, -0.2) is 23.8 Å². The van der Waals surface area contributed by atoms with Crippen LogP contribution in [0.5, 0.6) is 0 Å². The maximum Gasteiger partial charge on any atom is 0.416 e. The molecule has 1 heterocycles. The number of pyridine rings is 1. The molecular weight excluding hydrogens is 479 g/mol. The number of esters is 1. The average molecular weight is 502 g/mol. The highest BCUT2D eigenvalue weighted by Crippen LogP contribution is 2.41. The molecule has 0 spiro atoms. The number of aromatic nitrogens is 1. The summed E-state index contributed by atoms with van der Waals surface area (Å²) in [7, 11) is 1.37. The number of nitrogens with zero attached hydrogens (tertiary/aromatic N) is 1. The normalized spacial score (nSPS) is 14.6. The van der Waals surface area contributed by atoms with Gasteiger partial charge in [0.05, 0.1) is 23.8 Å². The van der Waals surface area contributed by atoms with Crippen LogP contribution >= 0.6 is 0 Å². The SMILES string of the molecule is COC(=O)c1ccc2cccnc2c1.O=C1CC2=C(C=CCC2)c2ccc3cc(C(F)(F)F)ccc3c21. The number of ether oxygens (including phenoxy) is 1. The predicted octanol–water partition coefficient (Wildman–Crippen LogP) is 7.57. The number of fused-ring (bicyclic) bond motifs is 5. The summed E-state index contributed by atoms with van der Waals surface area (Å²) < 4.78 is 43.2. The number of benzene rings is 3. The number of hydrogen-bond acceptors (Lipinski definition) is 4. The van der Waals surface area contributed by atoms with Gasteiger partial charge in [-0.2, -0.15) is 13.2 Å². The van der Waals surface area contributed by atoms with Gasteiger partial charge in [0.2, 0.25) is 0 Å². The molecule has 3 aromatic carbocycles. The highest BCUT2D eigenvalue weighted by Gasteiger charge is 2.32. The number of carbonyl (C=O) groups is 2. The number of carbonyl (C=O) groups excluding carboxylic acids is 2. The van der Waals surface area contributed by atoms with E-state index in [2.05, 4.69) is 15.8 Å². The Morgan fingerprint density at radius 2 is 1.81 bits per heavy atom. The first-order valence-electron chi connectivity index (χ1n) is 11.8. The lowest BCUT2D eigenvalue weighted by Gasteiger charge is -2.24. The molecule has 0 N–H and O–H groups in total. The van der Waals surface area contributed by atoms with E-state index < -0.39 is 11.7 Å². The summed E-state index contributed by atoms with van der Waals surface area (Å²) in [6, 6.07) is 16.2. The van der Waals surface area contributed by atoms with E-state index in [1.165, 1.54) is 13.2 Å². The van der Waals surface area contributed by atoms with E-state index in [0.29, 0.717) is 28.3 Å². The average Bonchev–Trinajstić information content (AvgIpc) is 2.91. The van der Waals surface area contributed by atoms with Gasteiger partial charge in [-0.3, -0.25) is 9.78 Å². The van der Waals surface area contributed by atoms with Crippen LogP contribution in [-0.2, 0) is 10.9 Å². The summed E-state index contributed by atoms with van der Waals surface area (Å²) >= 11 is 0. The third kappa shape index (κ3) is 4.77. The van der Waals surface area contributed by atoms with Gasteiger partial charge < -0.3 is 4.74 Å². The molecule has 1 aromatic heterocycles. The Morgan fingerprint density at radius 1 is 1.00 bits per heavy atom. The molecule has 0 bridgehead atoms. The van der Waals surface area contributed by atoms with Crippen LogP contribution in [0.15, 0.2) is 84.6 Å². The first-order valence-corrected chi connectivity index (χ1v) is 11.8. The topological polar surface area (TPSA) is 56.3 Å². The van der Waals surface area contributed by atoms with E-state index >= 15 is 0 Å². The smallest absolute Gasteiger partial charge is 0.416 e. The van der Waals surface area contributed by atoms with Crippen molar-refractivity contribution in [2.24, 2.45) is 0 Å². The number of allylic oxidation sites excluding steroid dienone is 4. The number of methoxy groups -OCH3 is 1. The second kappa shape index (κ2) is 9.65. The van der Waals surface area contributed by atoms with Gasteiger partial charge in [0.15, 0.2) is 5.78 Å².